The third kappa shape index (κ3) is 4.70. The first kappa shape index (κ1) is 19.3. The van der Waals surface area contributed by atoms with Crippen LogP contribution in [0.3, 0.4) is 0 Å². The molecule has 0 spiro atoms. The number of para-hydroxylation sites is 2. The predicted octanol–water partition coefficient (Wildman–Crippen LogP) is 3.41. The second-order valence-electron chi connectivity index (χ2n) is 7.62. The Morgan fingerprint density at radius 1 is 1.14 bits per heavy atom. The number of ether oxygens (including phenoxy) is 1. The van der Waals surface area contributed by atoms with Crippen LogP contribution in [0.4, 0.5) is 5.69 Å². The molecule has 2 aromatic carbocycles. The highest BCUT2D eigenvalue weighted by molar-refractivity contribution is 5.94. The Kier molecular flexibility index (Phi) is 5.98. The smallest absolute Gasteiger partial charge is 0.225 e. The Labute approximate surface area is 171 Å². The van der Waals surface area contributed by atoms with Crippen LogP contribution < -0.4 is 20.7 Å². The standard InChI is InChI=1S/C23H28N4O2/c1-24-23(25-14-16-7-2-5-12-21(16)29-18-8-6-9-18)26-15-17-13-22(28)27-20-11-4-3-10-19(17)20/h2-5,7,10-12,17-18H,6,8-9,13-15H2,1H3,(H,27,28)(H2,24,25,26). The number of carbonyl (C=O) groups excluding carboxylic acids is 1. The number of hydrogen-bond acceptors (Lipinski definition) is 3. The first-order valence-corrected chi connectivity index (χ1v) is 10.3. The second kappa shape index (κ2) is 8.99. The first-order valence-electron chi connectivity index (χ1n) is 10.3. The first-order chi connectivity index (χ1) is 14.2. The van der Waals surface area contributed by atoms with E-state index < -0.39 is 0 Å². The van der Waals surface area contributed by atoms with Crippen molar-refractivity contribution < 1.29 is 9.53 Å². The summed E-state index contributed by atoms with van der Waals surface area (Å²) in [5.74, 6) is 1.83. The Morgan fingerprint density at radius 3 is 2.72 bits per heavy atom. The molecule has 0 radical (unpaired) electrons. The summed E-state index contributed by atoms with van der Waals surface area (Å²) in [7, 11) is 1.76. The van der Waals surface area contributed by atoms with Crippen LogP contribution in [0.2, 0.25) is 0 Å². The number of guanidine groups is 1. The van der Waals surface area contributed by atoms with Crippen LogP contribution in [0, 0.1) is 0 Å². The quantitative estimate of drug-likeness (QED) is 0.520. The highest BCUT2D eigenvalue weighted by atomic mass is 16.5. The van der Waals surface area contributed by atoms with Gasteiger partial charge in [-0.1, -0.05) is 36.4 Å². The minimum absolute atomic E-state index is 0.0560. The van der Waals surface area contributed by atoms with E-state index in [0.29, 0.717) is 31.6 Å². The number of hydrogen-bond donors (Lipinski definition) is 3. The van der Waals surface area contributed by atoms with Gasteiger partial charge < -0.3 is 20.7 Å². The molecule has 0 bridgehead atoms. The van der Waals surface area contributed by atoms with Crippen molar-refractivity contribution in [3.63, 3.8) is 0 Å². The molecule has 1 fully saturated rings. The summed E-state index contributed by atoms with van der Waals surface area (Å²) >= 11 is 0. The summed E-state index contributed by atoms with van der Waals surface area (Å²) in [5, 5.41) is 9.68. The predicted molar refractivity (Wildman–Crippen MR) is 115 cm³/mol. The molecule has 1 heterocycles. The number of nitrogens with zero attached hydrogens (tertiary/aromatic N) is 1. The third-order valence-corrected chi connectivity index (χ3v) is 5.61. The summed E-state index contributed by atoms with van der Waals surface area (Å²) in [6.07, 6.45) is 4.36. The topological polar surface area (TPSA) is 74.8 Å². The summed E-state index contributed by atoms with van der Waals surface area (Å²) in [6.45, 7) is 1.27. The van der Waals surface area contributed by atoms with Gasteiger partial charge in [0, 0.05) is 43.7 Å². The largest absolute Gasteiger partial charge is 0.490 e. The molecule has 1 aliphatic carbocycles. The van der Waals surface area contributed by atoms with E-state index >= 15 is 0 Å². The maximum atomic E-state index is 12.0. The van der Waals surface area contributed by atoms with Crippen molar-refractivity contribution in [1.29, 1.82) is 0 Å². The Bertz CT molecular complexity index is 892. The van der Waals surface area contributed by atoms with E-state index in [2.05, 4.69) is 33.1 Å². The van der Waals surface area contributed by atoms with Crippen molar-refractivity contribution in [3.8, 4) is 5.75 Å². The van der Waals surface area contributed by atoms with Gasteiger partial charge in [-0.3, -0.25) is 9.79 Å². The Hall–Kier alpha value is -3.02. The van der Waals surface area contributed by atoms with Crippen LogP contribution in [-0.2, 0) is 11.3 Å². The number of rotatable bonds is 6. The number of aliphatic imine (C=N–C) groups is 1. The summed E-state index contributed by atoms with van der Waals surface area (Å²) < 4.78 is 6.11. The Balaban J connectivity index is 1.35. The highest BCUT2D eigenvalue weighted by Crippen LogP contribution is 2.31. The molecule has 4 rings (SSSR count). The summed E-state index contributed by atoms with van der Waals surface area (Å²) in [5.41, 5.74) is 3.18. The summed E-state index contributed by atoms with van der Waals surface area (Å²) in [6, 6.07) is 16.1. The average molecular weight is 393 g/mol. The van der Waals surface area contributed by atoms with Gasteiger partial charge in [0.15, 0.2) is 5.96 Å². The van der Waals surface area contributed by atoms with Crippen LogP contribution in [0.25, 0.3) is 0 Å². The molecule has 6 nitrogen and oxygen atoms in total. The number of nitrogens with one attached hydrogen (secondary N) is 3. The number of benzene rings is 2. The molecule has 3 N–H and O–H groups in total. The van der Waals surface area contributed by atoms with Gasteiger partial charge in [-0.25, -0.2) is 0 Å². The second-order valence-corrected chi connectivity index (χ2v) is 7.62. The van der Waals surface area contributed by atoms with Crippen LogP contribution in [0.5, 0.6) is 5.75 Å². The lowest BCUT2D eigenvalue weighted by molar-refractivity contribution is -0.116. The minimum Gasteiger partial charge on any atom is -0.490 e. The molecule has 1 atom stereocenters. The highest BCUT2D eigenvalue weighted by Gasteiger charge is 2.25. The summed E-state index contributed by atoms with van der Waals surface area (Å²) in [4.78, 5) is 16.4. The lowest BCUT2D eigenvalue weighted by atomic mass is 9.90. The number of carbonyl (C=O) groups is 1. The molecule has 0 saturated heterocycles. The van der Waals surface area contributed by atoms with Gasteiger partial charge in [0.25, 0.3) is 0 Å². The molecular weight excluding hydrogens is 364 g/mol. The van der Waals surface area contributed by atoms with Crippen molar-refractivity contribution in [2.45, 2.75) is 44.2 Å². The van der Waals surface area contributed by atoms with Crippen molar-refractivity contribution >= 4 is 17.6 Å². The maximum absolute atomic E-state index is 12.0. The van der Waals surface area contributed by atoms with Gasteiger partial charge in [0.05, 0.1) is 6.10 Å². The lowest BCUT2D eigenvalue weighted by Gasteiger charge is -2.28. The molecular formula is C23H28N4O2. The van der Waals surface area contributed by atoms with E-state index in [1.54, 1.807) is 7.05 Å². The van der Waals surface area contributed by atoms with Crippen LogP contribution >= 0.6 is 0 Å². The SMILES string of the molecule is CN=C(NCc1ccccc1OC1CCC1)NCC1CC(=O)Nc2ccccc21. The molecule has 0 aromatic heterocycles. The van der Waals surface area contributed by atoms with Gasteiger partial charge in [0.1, 0.15) is 5.75 Å². The maximum Gasteiger partial charge on any atom is 0.225 e. The van der Waals surface area contributed by atoms with Crippen molar-refractivity contribution in [3.05, 3.63) is 59.7 Å². The zero-order chi connectivity index (χ0) is 20.1. The van der Waals surface area contributed by atoms with E-state index in [-0.39, 0.29) is 11.8 Å². The molecule has 1 aliphatic heterocycles. The van der Waals surface area contributed by atoms with Crippen molar-refractivity contribution in [2.75, 3.05) is 18.9 Å². The van der Waals surface area contributed by atoms with E-state index in [4.69, 9.17) is 4.74 Å². The van der Waals surface area contributed by atoms with Crippen LogP contribution in [0.15, 0.2) is 53.5 Å². The zero-order valence-electron chi connectivity index (χ0n) is 16.8. The molecule has 1 unspecified atom stereocenters. The number of fused-ring (bicyclic) bond motifs is 1. The monoisotopic (exact) mass is 392 g/mol. The fourth-order valence-corrected chi connectivity index (χ4v) is 3.74. The van der Waals surface area contributed by atoms with Gasteiger partial charge in [-0.2, -0.15) is 0 Å². The molecule has 6 heteroatoms. The van der Waals surface area contributed by atoms with E-state index in [1.807, 2.05) is 36.4 Å². The molecule has 152 valence electrons. The molecule has 2 aromatic rings. The Morgan fingerprint density at radius 2 is 1.93 bits per heavy atom. The van der Waals surface area contributed by atoms with E-state index in [9.17, 15) is 4.79 Å². The number of amides is 1. The minimum atomic E-state index is 0.0560. The molecule has 2 aliphatic rings. The van der Waals surface area contributed by atoms with Crippen LogP contribution in [0.1, 0.15) is 42.7 Å². The van der Waals surface area contributed by atoms with Gasteiger partial charge >= 0.3 is 0 Å². The zero-order valence-corrected chi connectivity index (χ0v) is 16.8. The molecule has 1 saturated carbocycles. The van der Waals surface area contributed by atoms with Gasteiger partial charge in [-0.15, -0.1) is 0 Å². The average Bonchev–Trinajstić information content (AvgIpc) is 2.71. The van der Waals surface area contributed by atoms with Gasteiger partial charge in [0.2, 0.25) is 5.91 Å². The van der Waals surface area contributed by atoms with Crippen molar-refractivity contribution in [1.82, 2.24) is 10.6 Å². The van der Waals surface area contributed by atoms with E-state index in [1.165, 1.54) is 6.42 Å². The van der Waals surface area contributed by atoms with E-state index in [0.717, 1.165) is 35.4 Å². The number of anilines is 1. The fraction of sp³-hybridized carbons (Fsp3) is 0.391. The van der Waals surface area contributed by atoms with Crippen LogP contribution in [-0.4, -0.2) is 31.6 Å². The lowest BCUT2D eigenvalue weighted by Crippen LogP contribution is -2.40. The molecule has 29 heavy (non-hydrogen) atoms. The third-order valence-electron chi connectivity index (χ3n) is 5.61. The normalized spacial score (nSPS) is 19.0. The molecule has 1 amide bonds. The van der Waals surface area contributed by atoms with Crippen molar-refractivity contribution in [2.24, 2.45) is 4.99 Å². The van der Waals surface area contributed by atoms with Gasteiger partial charge in [-0.05, 0) is 37.0 Å². The fourth-order valence-electron chi connectivity index (χ4n) is 3.74.